The summed E-state index contributed by atoms with van der Waals surface area (Å²) in [5.41, 5.74) is 3.14. The molecule has 0 saturated carbocycles. The van der Waals surface area contributed by atoms with Crippen LogP contribution in [0.15, 0.2) is 48.5 Å². The van der Waals surface area contributed by atoms with Crippen molar-refractivity contribution in [2.24, 2.45) is 5.92 Å². The first-order chi connectivity index (χ1) is 13.0. The number of rotatable bonds is 6. The number of piperidine rings is 1. The summed E-state index contributed by atoms with van der Waals surface area (Å²) in [6, 6.07) is 16.0. The molecule has 3 rings (SSSR count). The van der Waals surface area contributed by atoms with E-state index in [4.69, 9.17) is 4.74 Å². The van der Waals surface area contributed by atoms with Gasteiger partial charge in [-0.2, -0.15) is 0 Å². The molecule has 144 valence electrons. The van der Waals surface area contributed by atoms with E-state index in [1.165, 1.54) is 18.5 Å². The van der Waals surface area contributed by atoms with E-state index in [9.17, 15) is 4.79 Å². The van der Waals surface area contributed by atoms with Crippen molar-refractivity contribution in [1.29, 1.82) is 0 Å². The summed E-state index contributed by atoms with van der Waals surface area (Å²) < 4.78 is 5.74. The van der Waals surface area contributed by atoms with Crippen LogP contribution < -0.4 is 15.0 Å². The van der Waals surface area contributed by atoms with E-state index in [2.05, 4.69) is 43.1 Å². The molecule has 2 aromatic rings. The van der Waals surface area contributed by atoms with Crippen LogP contribution in [0.5, 0.6) is 5.75 Å². The highest BCUT2D eigenvalue weighted by Gasteiger charge is 2.16. The Morgan fingerprint density at radius 3 is 2.44 bits per heavy atom. The van der Waals surface area contributed by atoms with Crippen LogP contribution in [0.25, 0.3) is 0 Å². The van der Waals surface area contributed by atoms with Gasteiger partial charge >= 0.3 is 0 Å². The molecule has 1 aliphatic rings. The fourth-order valence-corrected chi connectivity index (χ4v) is 3.45. The van der Waals surface area contributed by atoms with Crippen LogP contribution >= 0.6 is 0 Å². The molecule has 1 N–H and O–H groups in total. The summed E-state index contributed by atoms with van der Waals surface area (Å²) in [7, 11) is 0. The Morgan fingerprint density at radius 2 is 1.78 bits per heavy atom. The Balaban J connectivity index is 1.52. The third kappa shape index (κ3) is 5.25. The molecule has 0 atom stereocenters. The summed E-state index contributed by atoms with van der Waals surface area (Å²) in [5.74, 6) is 1.81. The van der Waals surface area contributed by atoms with Crippen LogP contribution in [-0.2, 0) is 4.79 Å². The first-order valence-corrected chi connectivity index (χ1v) is 9.89. The monoisotopic (exact) mass is 366 g/mol. The summed E-state index contributed by atoms with van der Waals surface area (Å²) >= 11 is 0. The van der Waals surface area contributed by atoms with Gasteiger partial charge in [0, 0.05) is 24.5 Å². The Morgan fingerprint density at radius 1 is 1.11 bits per heavy atom. The Labute approximate surface area is 162 Å². The lowest BCUT2D eigenvalue weighted by Gasteiger charge is -2.32. The predicted octanol–water partition coefficient (Wildman–Crippen LogP) is 5.06. The second-order valence-corrected chi connectivity index (χ2v) is 7.75. The molecule has 0 spiro atoms. The second kappa shape index (κ2) is 8.94. The van der Waals surface area contributed by atoms with Gasteiger partial charge in [-0.15, -0.1) is 0 Å². The van der Waals surface area contributed by atoms with Crippen molar-refractivity contribution >= 4 is 17.3 Å². The molecule has 4 nitrogen and oxygen atoms in total. The Hall–Kier alpha value is -2.49. The summed E-state index contributed by atoms with van der Waals surface area (Å²) in [6.45, 7) is 8.78. The lowest BCUT2D eigenvalue weighted by atomic mass is 9.99. The zero-order valence-corrected chi connectivity index (χ0v) is 16.6. The Kier molecular flexibility index (Phi) is 6.38. The van der Waals surface area contributed by atoms with Gasteiger partial charge in [-0.3, -0.25) is 4.79 Å². The molecule has 1 saturated heterocycles. The van der Waals surface area contributed by atoms with Gasteiger partial charge in [-0.25, -0.2) is 0 Å². The van der Waals surface area contributed by atoms with Gasteiger partial charge in [0.15, 0.2) is 6.61 Å². The summed E-state index contributed by atoms with van der Waals surface area (Å²) in [4.78, 5) is 14.7. The molecule has 0 aliphatic carbocycles. The van der Waals surface area contributed by atoms with Gasteiger partial charge in [-0.05, 0) is 60.6 Å². The van der Waals surface area contributed by atoms with E-state index < -0.39 is 0 Å². The first kappa shape index (κ1) is 19.3. The van der Waals surface area contributed by atoms with Crippen molar-refractivity contribution in [3.05, 3.63) is 54.1 Å². The highest BCUT2D eigenvalue weighted by Crippen LogP contribution is 2.26. The van der Waals surface area contributed by atoms with Crippen molar-refractivity contribution < 1.29 is 9.53 Å². The molecule has 0 bridgehead atoms. The largest absolute Gasteiger partial charge is 0.483 e. The number of carbonyl (C=O) groups is 1. The van der Waals surface area contributed by atoms with Crippen molar-refractivity contribution in [2.45, 2.75) is 39.5 Å². The van der Waals surface area contributed by atoms with E-state index in [1.807, 2.05) is 36.4 Å². The van der Waals surface area contributed by atoms with E-state index in [0.29, 0.717) is 5.92 Å². The van der Waals surface area contributed by atoms with Crippen molar-refractivity contribution in [1.82, 2.24) is 0 Å². The Bertz CT molecular complexity index is 747. The SMILES string of the molecule is CC1CCN(c2ccc(NC(=O)COc3ccccc3C(C)C)cc2)CC1. The maximum atomic E-state index is 12.2. The fraction of sp³-hybridized carbons (Fsp3) is 0.435. The number of ether oxygens (including phenoxy) is 1. The number of carbonyl (C=O) groups excluding carboxylic acids is 1. The molecule has 2 aromatic carbocycles. The zero-order chi connectivity index (χ0) is 19.2. The second-order valence-electron chi connectivity index (χ2n) is 7.75. The number of para-hydroxylation sites is 1. The fourth-order valence-electron chi connectivity index (χ4n) is 3.45. The third-order valence-electron chi connectivity index (χ3n) is 5.20. The van der Waals surface area contributed by atoms with E-state index in [1.54, 1.807) is 0 Å². The van der Waals surface area contributed by atoms with Crippen LogP contribution in [-0.4, -0.2) is 25.6 Å². The quantitative estimate of drug-likeness (QED) is 0.776. The van der Waals surface area contributed by atoms with E-state index in [-0.39, 0.29) is 12.5 Å². The predicted molar refractivity (Wildman–Crippen MR) is 112 cm³/mol. The first-order valence-electron chi connectivity index (χ1n) is 9.89. The third-order valence-corrected chi connectivity index (χ3v) is 5.20. The average molecular weight is 367 g/mol. The molecule has 0 radical (unpaired) electrons. The van der Waals surface area contributed by atoms with Crippen molar-refractivity contribution in [3.63, 3.8) is 0 Å². The van der Waals surface area contributed by atoms with Gasteiger partial charge in [0.2, 0.25) is 0 Å². The zero-order valence-electron chi connectivity index (χ0n) is 16.6. The molecule has 1 heterocycles. The van der Waals surface area contributed by atoms with Gasteiger partial charge < -0.3 is 15.0 Å². The number of hydrogen-bond donors (Lipinski definition) is 1. The van der Waals surface area contributed by atoms with Gasteiger partial charge in [0.1, 0.15) is 5.75 Å². The molecule has 1 amide bonds. The maximum absolute atomic E-state index is 12.2. The normalized spacial score (nSPS) is 15.0. The number of nitrogens with zero attached hydrogens (tertiary/aromatic N) is 1. The highest BCUT2D eigenvalue weighted by molar-refractivity contribution is 5.92. The summed E-state index contributed by atoms with van der Waals surface area (Å²) in [6.07, 6.45) is 2.49. The number of benzene rings is 2. The minimum Gasteiger partial charge on any atom is -0.483 e. The molecule has 1 aliphatic heterocycles. The van der Waals surface area contributed by atoms with Crippen molar-refractivity contribution in [2.75, 3.05) is 29.9 Å². The van der Waals surface area contributed by atoms with Gasteiger partial charge in [-0.1, -0.05) is 39.0 Å². The van der Waals surface area contributed by atoms with Crippen molar-refractivity contribution in [3.8, 4) is 5.75 Å². The molecule has 4 heteroatoms. The number of nitrogens with one attached hydrogen (secondary N) is 1. The average Bonchev–Trinajstić information content (AvgIpc) is 2.68. The molecule has 27 heavy (non-hydrogen) atoms. The van der Waals surface area contributed by atoms with Gasteiger partial charge in [0.25, 0.3) is 5.91 Å². The van der Waals surface area contributed by atoms with E-state index in [0.717, 1.165) is 36.0 Å². The molecule has 1 fully saturated rings. The molecular weight excluding hydrogens is 336 g/mol. The number of hydrogen-bond acceptors (Lipinski definition) is 3. The molecule has 0 aromatic heterocycles. The van der Waals surface area contributed by atoms with Crippen LogP contribution in [0.2, 0.25) is 0 Å². The minimum absolute atomic E-state index is 0.00942. The standard InChI is InChI=1S/C23H30N2O2/c1-17(2)21-6-4-5-7-22(21)27-16-23(26)24-19-8-10-20(11-9-19)25-14-12-18(3)13-15-25/h4-11,17-18H,12-16H2,1-3H3,(H,24,26). The van der Waals surface area contributed by atoms with E-state index >= 15 is 0 Å². The van der Waals surface area contributed by atoms with Gasteiger partial charge in [0.05, 0.1) is 0 Å². The summed E-state index contributed by atoms with van der Waals surface area (Å²) in [5, 5.41) is 2.92. The van der Waals surface area contributed by atoms with Crippen LogP contribution in [0.1, 0.15) is 45.1 Å². The number of amides is 1. The highest BCUT2D eigenvalue weighted by atomic mass is 16.5. The van der Waals surface area contributed by atoms with Crippen LogP contribution in [0, 0.1) is 5.92 Å². The molecule has 0 unspecified atom stereocenters. The van der Waals surface area contributed by atoms with Crippen LogP contribution in [0.3, 0.4) is 0 Å². The minimum atomic E-state index is -0.145. The molecular formula is C23H30N2O2. The lowest BCUT2D eigenvalue weighted by Crippen LogP contribution is -2.32. The lowest BCUT2D eigenvalue weighted by molar-refractivity contribution is -0.118. The topological polar surface area (TPSA) is 41.6 Å². The smallest absolute Gasteiger partial charge is 0.262 e. The maximum Gasteiger partial charge on any atom is 0.262 e. The van der Waals surface area contributed by atoms with Crippen LogP contribution in [0.4, 0.5) is 11.4 Å². The number of anilines is 2.